The van der Waals surface area contributed by atoms with Crippen LogP contribution < -0.4 is 10.6 Å². The van der Waals surface area contributed by atoms with E-state index < -0.39 is 5.41 Å². The highest BCUT2D eigenvalue weighted by Crippen LogP contribution is 2.47. The molecule has 1 aromatic carbocycles. The third kappa shape index (κ3) is 2.94. The number of carbonyl (C=O) groups is 2. The van der Waals surface area contributed by atoms with E-state index in [2.05, 4.69) is 15.8 Å². The summed E-state index contributed by atoms with van der Waals surface area (Å²) in [5.74, 6) is 0.193. The van der Waals surface area contributed by atoms with Crippen LogP contribution in [0.15, 0.2) is 28.8 Å². The zero-order valence-corrected chi connectivity index (χ0v) is 13.5. The smallest absolute Gasteiger partial charge is 0.241 e. The molecule has 1 aromatic heterocycles. The molecule has 1 saturated carbocycles. The summed E-state index contributed by atoms with van der Waals surface area (Å²) in [5, 5.41) is 9.70. The fraction of sp³-hybridized carbons (Fsp3) is 0.312. The largest absolute Gasteiger partial charge is 0.360 e. The fourth-order valence-corrected chi connectivity index (χ4v) is 2.50. The van der Waals surface area contributed by atoms with Gasteiger partial charge in [-0.15, -0.1) is 0 Å². The minimum atomic E-state index is -1.05. The molecule has 0 unspecified atom stereocenters. The first kappa shape index (κ1) is 15.6. The molecule has 2 N–H and O–H groups in total. The van der Waals surface area contributed by atoms with Crippen LogP contribution in [0.5, 0.6) is 0 Å². The van der Waals surface area contributed by atoms with Crippen LogP contribution in [0.25, 0.3) is 0 Å². The van der Waals surface area contributed by atoms with E-state index in [0.717, 1.165) is 5.56 Å². The van der Waals surface area contributed by atoms with Crippen LogP contribution >= 0.6 is 11.6 Å². The molecule has 1 fully saturated rings. The molecule has 23 heavy (non-hydrogen) atoms. The molecule has 7 heteroatoms. The highest BCUT2D eigenvalue weighted by Gasteiger charge is 2.56. The van der Waals surface area contributed by atoms with Crippen molar-refractivity contribution >= 4 is 34.9 Å². The number of hydrogen-bond donors (Lipinski definition) is 2. The van der Waals surface area contributed by atoms with Gasteiger partial charge in [0.2, 0.25) is 11.8 Å². The van der Waals surface area contributed by atoms with E-state index in [0.29, 0.717) is 35.1 Å². The van der Waals surface area contributed by atoms with Gasteiger partial charge in [-0.1, -0.05) is 22.8 Å². The highest BCUT2D eigenvalue weighted by atomic mass is 35.5. The molecule has 0 saturated heterocycles. The monoisotopic (exact) mass is 333 g/mol. The highest BCUT2D eigenvalue weighted by molar-refractivity contribution is 6.31. The normalized spacial score (nSPS) is 15.1. The first-order chi connectivity index (χ1) is 10.9. The lowest BCUT2D eigenvalue weighted by molar-refractivity contribution is -0.131. The van der Waals surface area contributed by atoms with Crippen LogP contribution in [-0.4, -0.2) is 17.0 Å². The summed E-state index contributed by atoms with van der Waals surface area (Å²) < 4.78 is 4.90. The maximum Gasteiger partial charge on any atom is 0.241 e. The number of benzene rings is 1. The Hall–Kier alpha value is -2.34. The molecular weight excluding hydrogens is 318 g/mol. The van der Waals surface area contributed by atoms with Crippen LogP contribution in [0.2, 0.25) is 5.02 Å². The maximum atomic E-state index is 12.5. The lowest BCUT2D eigenvalue weighted by Crippen LogP contribution is -2.35. The van der Waals surface area contributed by atoms with Crippen molar-refractivity contribution in [3.63, 3.8) is 0 Å². The lowest BCUT2D eigenvalue weighted by atomic mass is 10.0. The van der Waals surface area contributed by atoms with Crippen LogP contribution in [0.4, 0.5) is 11.5 Å². The number of aryl methyl sites for hydroxylation is 1. The minimum Gasteiger partial charge on any atom is -0.360 e. The fourth-order valence-electron chi connectivity index (χ4n) is 2.33. The molecule has 1 heterocycles. The summed E-state index contributed by atoms with van der Waals surface area (Å²) in [4.78, 5) is 24.9. The number of anilines is 2. The molecule has 0 bridgehead atoms. The summed E-state index contributed by atoms with van der Waals surface area (Å²) in [5.41, 5.74) is 0.325. The minimum absolute atomic E-state index is 0.311. The number of aromatic nitrogens is 1. The zero-order valence-electron chi connectivity index (χ0n) is 12.8. The van der Waals surface area contributed by atoms with E-state index >= 15 is 0 Å². The molecule has 0 aliphatic heterocycles. The maximum absolute atomic E-state index is 12.5. The van der Waals surface area contributed by atoms with Crippen molar-refractivity contribution in [3.05, 3.63) is 40.6 Å². The van der Waals surface area contributed by atoms with Gasteiger partial charge in [-0.25, -0.2) is 0 Å². The second-order valence-electron chi connectivity index (χ2n) is 5.73. The molecule has 1 aliphatic carbocycles. The van der Waals surface area contributed by atoms with E-state index in [1.807, 2.05) is 6.92 Å². The Labute approximate surface area is 138 Å². The van der Waals surface area contributed by atoms with Crippen LogP contribution in [0.1, 0.15) is 24.2 Å². The van der Waals surface area contributed by atoms with Gasteiger partial charge in [-0.05, 0) is 44.4 Å². The average Bonchev–Trinajstić information content (AvgIpc) is 3.23. The van der Waals surface area contributed by atoms with E-state index in [1.165, 1.54) is 0 Å². The summed E-state index contributed by atoms with van der Waals surface area (Å²) in [6.07, 6.45) is 1.00. The van der Waals surface area contributed by atoms with Crippen molar-refractivity contribution in [3.8, 4) is 0 Å². The number of nitrogens with zero attached hydrogens (tertiary/aromatic N) is 1. The Morgan fingerprint density at radius 2 is 1.91 bits per heavy atom. The number of hydrogen-bond acceptors (Lipinski definition) is 4. The Kier molecular flexibility index (Phi) is 3.85. The first-order valence-corrected chi connectivity index (χ1v) is 7.61. The molecule has 6 nitrogen and oxygen atoms in total. The summed E-state index contributed by atoms with van der Waals surface area (Å²) in [6.45, 7) is 3.54. The molecule has 0 spiro atoms. The molecular formula is C16H16ClN3O3. The predicted molar refractivity (Wildman–Crippen MR) is 86.4 cm³/mol. The zero-order chi connectivity index (χ0) is 16.6. The second kappa shape index (κ2) is 5.70. The third-order valence-electron chi connectivity index (χ3n) is 4.00. The molecule has 120 valence electrons. The van der Waals surface area contributed by atoms with Crippen LogP contribution in [-0.2, 0) is 9.59 Å². The van der Waals surface area contributed by atoms with Crippen molar-refractivity contribution in [1.82, 2.24) is 5.16 Å². The van der Waals surface area contributed by atoms with E-state index in [-0.39, 0.29) is 11.8 Å². The Bertz CT molecular complexity index is 781. The molecule has 0 atom stereocenters. The van der Waals surface area contributed by atoms with Crippen LogP contribution in [0, 0.1) is 19.3 Å². The van der Waals surface area contributed by atoms with Crippen molar-refractivity contribution in [2.75, 3.05) is 10.6 Å². The Morgan fingerprint density at radius 3 is 2.52 bits per heavy atom. The summed E-state index contributed by atoms with van der Waals surface area (Å²) >= 11 is 6.05. The van der Waals surface area contributed by atoms with Crippen molar-refractivity contribution in [2.24, 2.45) is 5.41 Å². The number of amides is 2. The Morgan fingerprint density at radius 1 is 1.22 bits per heavy atom. The number of halogens is 1. The van der Waals surface area contributed by atoms with Gasteiger partial charge in [0.25, 0.3) is 0 Å². The van der Waals surface area contributed by atoms with Gasteiger partial charge in [0.05, 0.1) is 0 Å². The van der Waals surface area contributed by atoms with Gasteiger partial charge in [-0.2, -0.15) is 0 Å². The molecule has 1 aliphatic rings. The number of rotatable bonds is 4. The quantitative estimate of drug-likeness (QED) is 0.841. The van der Waals surface area contributed by atoms with E-state index in [1.54, 1.807) is 31.2 Å². The topological polar surface area (TPSA) is 84.2 Å². The van der Waals surface area contributed by atoms with Gasteiger partial charge in [0.15, 0.2) is 5.82 Å². The average molecular weight is 334 g/mol. The number of carbonyl (C=O) groups excluding carboxylic acids is 2. The molecule has 2 aromatic rings. The van der Waals surface area contributed by atoms with Crippen molar-refractivity contribution in [2.45, 2.75) is 26.7 Å². The molecule has 2 amide bonds. The third-order valence-corrected chi connectivity index (χ3v) is 4.41. The summed E-state index contributed by atoms with van der Waals surface area (Å²) in [6, 6.07) is 6.86. The van der Waals surface area contributed by atoms with Crippen LogP contribution in [0.3, 0.4) is 0 Å². The predicted octanol–water partition coefficient (Wildman–Crippen LogP) is 3.30. The van der Waals surface area contributed by atoms with Gasteiger partial charge in [0.1, 0.15) is 11.2 Å². The first-order valence-electron chi connectivity index (χ1n) is 7.24. The lowest BCUT2D eigenvalue weighted by Gasteiger charge is -2.16. The standard InChI is InChI=1S/C16H16ClN3O3/c1-9-8-13(20-23-9)19-15(22)16(6-7-16)14(21)18-12-5-3-4-11(17)10(12)2/h3-5,8H,6-7H2,1-2H3,(H,18,21)(H,19,20,22). The van der Waals surface area contributed by atoms with Gasteiger partial charge < -0.3 is 15.2 Å². The number of nitrogens with one attached hydrogen (secondary N) is 2. The summed E-state index contributed by atoms with van der Waals surface area (Å²) in [7, 11) is 0. The second-order valence-corrected chi connectivity index (χ2v) is 6.13. The molecule has 3 rings (SSSR count). The van der Waals surface area contributed by atoms with E-state index in [4.69, 9.17) is 16.1 Å². The van der Waals surface area contributed by atoms with Gasteiger partial charge in [-0.3, -0.25) is 9.59 Å². The van der Waals surface area contributed by atoms with E-state index in [9.17, 15) is 9.59 Å². The Balaban J connectivity index is 1.73. The molecule has 0 radical (unpaired) electrons. The van der Waals surface area contributed by atoms with Gasteiger partial charge >= 0.3 is 0 Å². The van der Waals surface area contributed by atoms with Crippen molar-refractivity contribution < 1.29 is 14.1 Å². The van der Waals surface area contributed by atoms with Gasteiger partial charge in [0, 0.05) is 16.8 Å². The SMILES string of the molecule is Cc1cc(NC(=O)C2(C(=O)Nc3cccc(Cl)c3C)CC2)no1. The van der Waals surface area contributed by atoms with Crippen molar-refractivity contribution in [1.29, 1.82) is 0 Å².